The molecule has 1 nitrogen and oxygen atoms in total. The molecule has 0 unspecified atom stereocenters. The highest BCUT2D eigenvalue weighted by molar-refractivity contribution is 7.08. The molecule has 0 radical (unpaired) electrons. The van der Waals surface area contributed by atoms with Crippen LogP contribution < -0.4 is 0 Å². The molecule has 0 aromatic carbocycles. The first-order valence-corrected chi connectivity index (χ1v) is 3.87. The molecule has 3 heteroatoms. The van der Waals surface area contributed by atoms with Gasteiger partial charge in [0.1, 0.15) is 5.91 Å². The number of carbonyl (C=O) groups excluding carboxylic acids is 1. The van der Waals surface area contributed by atoms with E-state index >= 15 is 0 Å². The van der Waals surface area contributed by atoms with Gasteiger partial charge in [-0.2, -0.15) is 11.1 Å². The zero-order valence-corrected chi connectivity index (χ0v) is 4.24. The number of hydrogen-bond acceptors (Lipinski definition) is 1. The fourth-order valence-corrected chi connectivity index (χ4v) is 0. The SMILES string of the molecule is O=C[SiH2]Cl. The van der Waals surface area contributed by atoms with Crippen LogP contribution in [-0.2, 0) is 4.79 Å². The van der Waals surface area contributed by atoms with Crippen molar-refractivity contribution in [1.82, 2.24) is 0 Å². The zero-order valence-electron chi connectivity index (χ0n) is 2.07. The molecular weight excluding hydrogens is 91.5 g/mol. The van der Waals surface area contributed by atoms with Crippen LogP contribution in [-0.4, -0.2) is 14.7 Å². The van der Waals surface area contributed by atoms with Gasteiger partial charge in [-0.3, -0.25) is 0 Å². The maximum absolute atomic E-state index is 9.10. The minimum absolute atomic E-state index is 0.779. The Bertz CT molecular complexity index is 22.0. The van der Waals surface area contributed by atoms with Crippen molar-refractivity contribution in [2.24, 2.45) is 0 Å². The van der Waals surface area contributed by atoms with Crippen molar-refractivity contribution in [3.63, 3.8) is 0 Å². The van der Waals surface area contributed by atoms with Crippen molar-refractivity contribution < 1.29 is 4.79 Å². The van der Waals surface area contributed by atoms with Gasteiger partial charge in [-0.05, 0) is 0 Å². The topological polar surface area (TPSA) is 17.1 Å². The summed E-state index contributed by atoms with van der Waals surface area (Å²) in [6.07, 6.45) is 0. The Morgan fingerprint density at radius 1 is 2.00 bits per heavy atom. The van der Waals surface area contributed by atoms with Gasteiger partial charge in [0, 0.05) is 0 Å². The summed E-state index contributed by atoms with van der Waals surface area (Å²) >= 11 is 4.96. The van der Waals surface area contributed by atoms with E-state index in [4.69, 9.17) is 15.9 Å². The largest absolute Gasteiger partial charge is 0.308 e. The summed E-state index contributed by atoms with van der Waals surface area (Å²) in [7, 11) is -0.784. The Balaban J connectivity index is 2.30. The van der Waals surface area contributed by atoms with Crippen LogP contribution >= 0.6 is 11.1 Å². The second kappa shape index (κ2) is 3.18. The molecular formula is CH3ClOSi. The molecule has 0 aromatic heterocycles. The molecule has 0 N–H and O–H groups in total. The van der Waals surface area contributed by atoms with E-state index in [0.717, 1.165) is 5.91 Å². The summed E-state index contributed by atoms with van der Waals surface area (Å²) in [5.41, 5.74) is 0. The van der Waals surface area contributed by atoms with Crippen molar-refractivity contribution >= 4 is 25.8 Å². The van der Waals surface area contributed by atoms with Crippen LogP contribution in [0.1, 0.15) is 0 Å². The fourth-order valence-electron chi connectivity index (χ4n) is 0. The molecule has 0 fully saturated rings. The molecule has 0 spiro atoms. The van der Waals surface area contributed by atoms with Gasteiger partial charge in [0.25, 0.3) is 0 Å². The van der Waals surface area contributed by atoms with E-state index in [-0.39, 0.29) is 0 Å². The van der Waals surface area contributed by atoms with Gasteiger partial charge in [-0.1, -0.05) is 0 Å². The van der Waals surface area contributed by atoms with Gasteiger partial charge < -0.3 is 4.79 Å². The fraction of sp³-hybridized carbons (Fsp3) is 0. The molecule has 0 atom stereocenters. The molecule has 0 saturated carbocycles. The average molecular weight is 94.6 g/mol. The summed E-state index contributed by atoms with van der Waals surface area (Å²) in [6.45, 7) is 0. The van der Waals surface area contributed by atoms with Crippen molar-refractivity contribution in [1.29, 1.82) is 0 Å². The lowest BCUT2D eigenvalue weighted by Crippen LogP contribution is -1.70. The minimum Gasteiger partial charge on any atom is -0.308 e. The summed E-state index contributed by atoms with van der Waals surface area (Å²) in [4.78, 5) is 9.10. The molecule has 0 heterocycles. The number of hydrogen-bond donors (Lipinski definition) is 0. The van der Waals surface area contributed by atoms with Gasteiger partial charge in [0.15, 0.2) is 8.83 Å². The molecule has 0 aliphatic heterocycles. The molecule has 0 rings (SSSR count). The first kappa shape index (κ1) is 4.18. The van der Waals surface area contributed by atoms with Crippen LogP contribution in [0.2, 0.25) is 0 Å². The van der Waals surface area contributed by atoms with Gasteiger partial charge in [-0.25, -0.2) is 0 Å². The highest BCUT2D eigenvalue weighted by atomic mass is 35.6. The Morgan fingerprint density at radius 3 is 2.25 bits per heavy atom. The Morgan fingerprint density at radius 2 is 2.25 bits per heavy atom. The second-order valence-electron chi connectivity index (χ2n) is 0.321. The third-order valence-electron chi connectivity index (χ3n) is 0.0630. The molecule has 0 bridgehead atoms. The normalized spacial score (nSPS) is 9.25. The number of rotatable bonds is 1. The lowest BCUT2D eigenvalue weighted by Gasteiger charge is -1.46. The third-order valence-corrected chi connectivity index (χ3v) is 0.567. The lowest BCUT2D eigenvalue weighted by atomic mass is 11.8. The van der Waals surface area contributed by atoms with Crippen molar-refractivity contribution in [2.45, 2.75) is 0 Å². The van der Waals surface area contributed by atoms with Crippen LogP contribution in [0.3, 0.4) is 0 Å². The average Bonchev–Trinajstić information content (AvgIpc) is 1.37. The lowest BCUT2D eigenvalue weighted by molar-refractivity contribution is 0.569. The van der Waals surface area contributed by atoms with Crippen molar-refractivity contribution in [3.05, 3.63) is 0 Å². The molecule has 24 valence electrons. The van der Waals surface area contributed by atoms with E-state index in [0.29, 0.717) is 0 Å². The maximum atomic E-state index is 9.10. The van der Waals surface area contributed by atoms with Crippen LogP contribution in [0.5, 0.6) is 0 Å². The Kier molecular flexibility index (Phi) is 3.32. The van der Waals surface area contributed by atoms with Gasteiger partial charge >= 0.3 is 0 Å². The van der Waals surface area contributed by atoms with Crippen LogP contribution in [0, 0.1) is 0 Å². The van der Waals surface area contributed by atoms with E-state index in [2.05, 4.69) is 0 Å². The summed E-state index contributed by atoms with van der Waals surface area (Å²) < 4.78 is 0. The predicted octanol–water partition coefficient (Wildman–Crippen LogP) is -0.501. The smallest absolute Gasteiger partial charge is 0.196 e. The standard InChI is InChI=1S/CH3ClOSi/c2-4-1-3/h1H,4H2. The number of halogens is 1. The van der Waals surface area contributed by atoms with Gasteiger partial charge in [0.05, 0.1) is 0 Å². The van der Waals surface area contributed by atoms with E-state index < -0.39 is 8.83 Å². The third kappa shape index (κ3) is 2.18. The van der Waals surface area contributed by atoms with E-state index in [1.807, 2.05) is 0 Å². The van der Waals surface area contributed by atoms with E-state index in [1.54, 1.807) is 0 Å². The highest BCUT2D eigenvalue weighted by Gasteiger charge is 1.59. The first-order chi connectivity index (χ1) is 1.91. The van der Waals surface area contributed by atoms with Crippen molar-refractivity contribution in [3.8, 4) is 0 Å². The summed E-state index contributed by atoms with van der Waals surface area (Å²) in [6, 6.07) is 0. The monoisotopic (exact) mass is 94.0 g/mol. The molecule has 0 aromatic rings. The molecule has 0 aliphatic rings. The number of carbonyl (C=O) groups is 1. The molecule has 0 saturated heterocycles. The van der Waals surface area contributed by atoms with Crippen LogP contribution in [0.15, 0.2) is 0 Å². The maximum Gasteiger partial charge on any atom is 0.196 e. The van der Waals surface area contributed by atoms with Crippen LogP contribution in [0.4, 0.5) is 0 Å². The Labute approximate surface area is 31.5 Å². The highest BCUT2D eigenvalue weighted by Crippen LogP contribution is 1.51. The quantitative estimate of drug-likeness (QED) is 0.243. The molecule has 0 aliphatic carbocycles. The van der Waals surface area contributed by atoms with Crippen molar-refractivity contribution in [2.75, 3.05) is 0 Å². The van der Waals surface area contributed by atoms with Gasteiger partial charge in [0.2, 0.25) is 0 Å². The summed E-state index contributed by atoms with van der Waals surface area (Å²) in [5, 5.41) is 0. The van der Waals surface area contributed by atoms with E-state index in [1.165, 1.54) is 0 Å². The first-order valence-electron chi connectivity index (χ1n) is 0.911. The molecule has 0 amide bonds. The Hall–Kier alpha value is 0.177. The van der Waals surface area contributed by atoms with Crippen LogP contribution in [0.25, 0.3) is 0 Å². The minimum atomic E-state index is -0.784. The second-order valence-corrected chi connectivity index (χ2v) is 1.89. The van der Waals surface area contributed by atoms with E-state index in [9.17, 15) is 0 Å². The summed E-state index contributed by atoms with van der Waals surface area (Å²) in [5.74, 6) is 0.779. The predicted molar refractivity (Wildman–Crippen MR) is 21.1 cm³/mol. The molecule has 4 heavy (non-hydrogen) atoms. The van der Waals surface area contributed by atoms with Gasteiger partial charge in [-0.15, -0.1) is 0 Å². The zero-order chi connectivity index (χ0) is 3.41.